The minimum Gasteiger partial charge on any atom is -0.493 e. The lowest BCUT2D eigenvalue weighted by molar-refractivity contribution is -0.149. The zero-order valence-electron chi connectivity index (χ0n) is 9.76. The molecule has 0 radical (unpaired) electrons. The van der Waals surface area contributed by atoms with Crippen molar-refractivity contribution in [1.29, 1.82) is 0 Å². The second kappa shape index (κ2) is 5.19. The maximum Gasteiger partial charge on any atom is 0.332 e. The molecule has 1 aliphatic rings. The molecule has 1 aromatic carbocycles. The highest BCUT2D eigenvalue weighted by molar-refractivity contribution is 5.71. The third-order valence-corrected chi connectivity index (χ3v) is 2.98. The molecule has 0 aromatic heterocycles. The van der Waals surface area contributed by atoms with Crippen LogP contribution < -0.4 is 4.74 Å². The molecular weight excluding hydrogens is 220 g/mol. The van der Waals surface area contributed by atoms with E-state index in [0.29, 0.717) is 13.2 Å². The van der Waals surface area contributed by atoms with Crippen LogP contribution in [0.3, 0.4) is 0 Å². The Morgan fingerprint density at radius 2 is 2.35 bits per heavy atom. The molecule has 0 saturated heterocycles. The van der Waals surface area contributed by atoms with Gasteiger partial charge in [0.15, 0.2) is 6.10 Å². The van der Waals surface area contributed by atoms with Crippen molar-refractivity contribution in [3.63, 3.8) is 0 Å². The van der Waals surface area contributed by atoms with Crippen molar-refractivity contribution in [2.45, 2.75) is 25.4 Å². The van der Waals surface area contributed by atoms with Crippen molar-refractivity contribution in [3.8, 4) is 5.75 Å². The lowest BCUT2D eigenvalue weighted by Crippen LogP contribution is -2.25. The Morgan fingerprint density at radius 1 is 1.59 bits per heavy atom. The van der Waals surface area contributed by atoms with E-state index in [2.05, 4.69) is 0 Å². The quantitative estimate of drug-likeness (QED) is 0.869. The van der Waals surface area contributed by atoms with E-state index in [-0.39, 0.29) is 5.92 Å². The normalized spacial score (nSPS) is 20.2. The Bertz CT molecular complexity index is 402. The van der Waals surface area contributed by atoms with Crippen molar-refractivity contribution in [1.82, 2.24) is 0 Å². The minimum absolute atomic E-state index is 0.224. The van der Waals surface area contributed by atoms with Gasteiger partial charge in [0.1, 0.15) is 5.75 Å². The number of benzene rings is 1. The number of carboxylic acid groups (broad SMARTS) is 1. The Hall–Kier alpha value is -1.55. The molecule has 1 N–H and O–H groups in total. The number of fused-ring (bicyclic) bond motifs is 1. The number of hydrogen-bond donors (Lipinski definition) is 1. The first-order chi connectivity index (χ1) is 8.18. The molecule has 0 aliphatic carbocycles. The number of rotatable bonds is 4. The Labute approximate surface area is 100 Å². The van der Waals surface area contributed by atoms with Gasteiger partial charge in [0, 0.05) is 5.92 Å². The van der Waals surface area contributed by atoms with Crippen molar-refractivity contribution >= 4 is 5.97 Å². The first-order valence-corrected chi connectivity index (χ1v) is 5.74. The summed E-state index contributed by atoms with van der Waals surface area (Å²) in [4.78, 5) is 10.7. The highest BCUT2D eigenvalue weighted by Crippen LogP contribution is 2.33. The molecule has 0 saturated carbocycles. The molecule has 0 fully saturated rings. The number of ether oxygens (including phenoxy) is 2. The summed E-state index contributed by atoms with van der Waals surface area (Å²) >= 11 is 0. The van der Waals surface area contributed by atoms with Crippen molar-refractivity contribution in [3.05, 3.63) is 29.8 Å². The summed E-state index contributed by atoms with van der Waals surface area (Å²) in [5, 5.41) is 8.76. The smallest absolute Gasteiger partial charge is 0.332 e. The number of para-hydroxylation sites is 1. The zero-order valence-corrected chi connectivity index (χ0v) is 9.76. The van der Waals surface area contributed by atoms with Gasteiger partial charge >= 0.3 is 5.97 Å². The van der Waals surface area contributed by atoms with E-state index < -0.39 is 12.1 Å². The fourth-order valence-corrected chi connectivity index (χ4v) is 1.92. The van der Waals surface area contributed by atoms with Gasteiger partial charge in [-0.3, -0.25) is 0 Å². The average molecular weight is 236 g/mol. The lowest BCUT2D eigenvalue weighted by atomic mass is 9.94. The van der Waals surface area contributed by atoms with Gasteiger partial charge in [-0.05, 0) is 25.0 Å². The largest absolute Gasteiger partial charge is 0.493 e. The first kappa shape index (κ1) is 11.9. The molecule has 0 spiro atoms. The van der Waals surface area contributed by atoms with Crippen LogP contribution in [0.2, 0.25) is 0 Å². The third-order valence-electron chi connectivity index (χ3n) is 2.98. The Balaban J connectivity index is 2.01. The van der Waals surface area contributed by atoms with Gasteiger partial charge < -0.3 is 14.6 Å². The van der Waals surface area contributed by atoms with Gasteiger partial charge in [-0.1, -0.05) is 18.2 Å². The molecule has 1 unspecified atom stereocenters. The van der Waals surface area contributed by atoms with E-state index in [1.165, 1.54) is 0 Å². The van der Waals surface area contributed by atoms with E-state index in [9.17, 15) is 4.79 Å². The molecule has 1 aromatic rings. The monoisotopic (exact) mass is 236 g/mol. The zero-order chi connectivity index (χ0) is 12.3. The third kappa shape index (κ3) is 2.77. The van der Waals surface area contributed by atoms with Crippen LogP contribution in [0.15, 0.2) is 24.3 Å². The molecule has 1 aliphatic heterocycles. The maximum absolute atomic E-state index is 10.7. The summed E-state index contributed by atoms with van der Waals surface area (Å²) in [6.07, 6.45) is 0.105. The Kier molecular flexibility index (Phi) is 3.64. The van der Waals surface area contributed by atoms with Crippen LogP contribution in [0.4, 0.5) is 0 Å². The van der Waals surface area contributed by atoms with E-state index in [1.807, 2.05) is 24.3 Å². The van der Waals surface area contributed by atoms with Crippen molar-refractivity contribution in [2.24, 2.45) is 0 Å². The topological polar surface area (TPSA) is 55.8 Å². The average Bonchev–Trinajstić information content (AvgIpc) is 2.35. The standard InChI is InChI=1S/C13H16O4/c1-9(13(14)15)17-8-10-6-7-16-12-5-3-2-4-11(10)12/h2-5,9-10H,6-8H2,1H3,(H,14,15)/t9-,10?/m1/s1. The molecule has 17 heavy (non-hydrogen) atoms. The van der Waals surface area contributed by atoms with Crippen LogP contribution in [0.1, 0.15) is 24.8 Å². The predicted molar refractivity (Wildman–Crippen MR) is 62.3 cm³/mol. The summed E-state index contributed by atoms with van der Waals surface area (Å²) in [7, 11) is 0. The van der Waals surface area contributed by atoms with Crippen LogP contribution in [0.5, 0.6) is 5.75 Å². The van der Waals surface area contributed by atoms with Gasteiger partial charge in [0.2, 0.25) is 0 Å². The number of hydrogen-bond acceptors (Lipinski definition) is 3. The molecule has 2 rings (SSSR count). The second-order valence-corrected chi connectivity index (χ2v) is 4.19. The fourth-order valence-electron chi connectivity index (χ4n) is 1.92. The van der Waals surface area contributed by atoms with E-state index >= 15 is 0 Å². The van der Waals surface area contributed by atoms with Crippen LogP contribution >= 0.6 is 0 Å². The highest BCUT2D eigenvalue weighted by Gasteiger charge is 2.23. The number of aliphatic carboxylic acids is 1. The Morgan fingerprint density at radius 3 is 3.12 bits per heavy atom. The minimum atomic E-state index is -0.926. The first-order valence-electron chi connectivity index (χ1n) is 5.74. The number of carboxylic acids is 1. The molecule has 92 valence electrons. The molecular formula is C13H16O4. The summed E-state index contributed by atoms with van der Waals surface area (Å²) in [5.41, 5.74) is 1.11. The van der Waals surface area contributed by atoms with Crippen molar-refractivity contribution in [2.75, 3.05) is 13.2 Å². The van der Waals surface area contributed by atoms with Gasteiger partial charge in [0.25, 0.3) is 0 Å². The van der Waals surface area contributed by atoms with Gasteiger partial charge in [0.05, 0.1) is 13.2 Å². The maximum atomic E-state index is 10.7. The van der Waals surface area contributed by atoms with Crippen LogP contribution in [0.25, 0.3) is 0 Å². The SMILES string of the molecule is C[C@@H](OCC1CCOc2ccccc21)C(=O)O. The van der Waals surface area contributed by atoms with Crippen LogP contribution in [-0.2, 0) is 9.53 Å². The van der Waals surface area contributed by atoms with E-state index in [4.69, 9.17) is 14.6 Å². The van der Waals surface area contributed by atoms with Crippen LogP contribution in [-0.4, -0.2) is 30.4 Å². The fraction of sp³-hybridized carbons (Fsp3) is 0.462. The molecule has 2 atom stereocenters. The molecule has 1 heterocycles. The van der Waals surface area contributed by atoms with Crippen LogP contribution in [0, 0.1) is 0 Å². The molecule has 0 bridgehead atoms. The van der Waals surface area contributed by atoms with Crippen molar-refractivity contribution < 1.29 is 19.4 Å². The van der Waals surface area contributed by atoms with Gasteiger partial charge in [-0.15, -0.1) is 0 Å². The second-order valence-electron chi connectivity index (χ2n) is 4.19. The summed E-state index contributed by atoms with van der Waals surface area (Å²) < 4.78 is 10.9. The van der Waals surface area contributed by atoms with Gasteiger partial charge in [-0.25, -0.2) is 4.79 Å². The predicted octanol–water partition coefficient (Wildman–Crippen LogP) is 2.04. The summed E-state index contributed by atoms with van der Waals surface area (Å²) in [6, 6.07) is 7.83. The molecule has 4 nitrogen and oxygen atoms in total. The lowest BCUT2D eigenvalue weighted by Gasteiger charge is -2.26. The molecule has 0 amide bonds. The number of carbonyl (C=O) groups is 1. The summed E-state index contributed by atoms with van der Waals surface area (Å²) in [5.74, 6) is 0.183. The van der Waals surface area contributed by atoms with E-state index in [0.717, 1.165) is 17.7 Å². The highest BCUT2D eigenvalue weighted by atomic mass is 16.5. The van der Waals surface area contributed by atoms with E-state index in [1.54, 1.807) is 6.92 Å². The van der Waals surface area contributed by atoms with Gasteiger partial charge in [-0.2, -0.15) is 0 Å². The molecule has 4 heteroatoms. The summed E-state index contributed by atoms with van der Waals surface area (Å²) in [6.45, 7) is 2.63.